The number of allylic oxidation sites excluding steroid dienone is 2. The van der Waals surface area contributed by atoms with Gasteiger partial charge in [0.2, 0.25) is 0 Å². The molecule has 0 aliphatic rings. The minimum atomic E-state index is -1.09. The van der Waals surface area contributed by atoms with Crippen molar-refractivity contribution in [1.82, 2.24) is 4.57 Å². The number of nitrogens with one attached hydrogen (secondary N) is 1. The first kappa shape index (κ1) is 20.5. The summed E-state index contributed by atoms with van der Waals surface area (Å²) < 4.78 is 22.1. The molecule has 2 aromatic rings. The van der Waals surface area contributed by atoms with Gasteiger partial charge in [-0.05, 0) is 37.6 Å². The Morgan fingerprint density at radius 1 is 1.37 bits per heavy atom. The summed E-state index contributed by atoms with van der Waals surface area (Å²) in [5, 5.41) is 11.2. The normalized spacial score (nSPS) is 13.3. The lowest BCUT2D eigenvalue weighted by atomic mass is 10.1. The van der Waals surface area contributed by atoms with Gasteiger partial charge in [-0.25, -0.2) is 4.21 Å². The van der Waals surface area contributed by atoms with Gasteiger partial charge in [-0.15, -0.1) is 0 Å². The highest BCUT2D eigenvalue weighted by Crippen LogP contribution is 2.22. The van der Waals surface area contributed by atoms with Crippen LogP contribution in [0.2, 0.25) is 0 Å². The molecule has 0 radical (unpaired) electrons. The van der Waals surface area contributed by atoms with Crippen molar-refractivity contribution in [3.8, 4) is 17.3 Å². The summed E-state index contributed by atoms with van der Waals surface area (Å²) in [6.45, 7) is 10.4. The van der Waals surface area contributed by atoms with E-state index in [1.165, 1.54) is 0 Å². The quantitative estimate of drug-likeness (QED) is 0.748. The van der Waals surface area contributed by atoms with E-state index in [2.05, 4.69) is 17.4 Å². The standard InChI is InChI=1S/C21H25N3O2S/c1-6-18(26-7-2)13-20-15(4)19(14-22)21(24(20)5)16-9-11-17(12-10-16)23-27(25)8-3/h6,9-13,23H,4,7-8H2,1-3,5H3/b18-6+,20-13+. The van der Waals surface area contributed by atoms with Gasteiger partial charge in [0, 0.05) is 29.8 Å². The van der Waals surface area contributed by atoms with E-state index in [0.717, 1.165) is 28.1 Å². The number of nitrogens with zero attached hydrogens (tertiary/aromatic N) is 2. The molecule has 2 rings (SSSR count). The summed E-state index contributed by atoms with van der Waals surface area (Å²) in [7, 11) is 0.819. The minimum Gasteiger partial charge on any atom is -0.494 e. The van der Waals surface area contributed by atoms with Crippen molar-refractivity contribution in [3.63, 3.8) is 0 Å². The van der Waals surface area contributed by atoms with E-state index in [9.17, 15) is 9.47 Å². The number of nitriles is 1. The minimum absolute atomic E-state index is 0.536. The molecule has 0 aliphatic heterocycles. The smallest absolute Gasteiger partial charge is 0.117 e. The zero-order valence-corrected chi connectivity index (χ0v) is 17.0. The van der Waals surface area contributed by atoms with Gasteiger partial charge in [-0.2, -0.15) is 5.26 Å². The molecule has 0 bridgehead atoms. The topological polar surface area (TPSA) is 67.0 Å². The molecule has 0 saturated heterocycles. The predicted molar refractivity (Wildman–Crippen MR) is 112 cm³/mol. The zero-order chi connectivity index (χ0) is 20.0. The fourth-order valence-electron chi connectivity index (χ4n) is 2.81. The monoisotopic (exact) mass is 383 g/mol. The summed E-state index contributed by atoms with van der Waals surface area (Å²) in [5.74, 6) is 1.27. The van der Waals surface area contributed by atoms with Crippen LogP contribution in [-0.2, 0) is 22.8 Å². The van der Waals surface area contributed by atoms with Gasteiger partial charge in [-0.1, -0.05) is 25.6 Å². The first-order valence-corrected chi connectivity index (χ1v) is 10.1. The number of hydrogen-bond donors (Lipinski definition) is 1. The second-order valence-corrected chi connectivity index (χ2v) is 7.31. The summed E-state index contributed by atoms with van der Waals surface area (Å²) in [6, 6.07) is 9.82. The second-order valence-electron chi connectivity index (χ2n) is 5.84. The van der Waals surface area contributed by atoms with Crippen molar-refractivity contribution >= 4 is 29.3 Å². The van der Waals surface area contributed by atoms with Crippen molar-refractivity contribution in [1.29, 1.82) is 5.26 Å². The van der Waals surface area contributed by atoms with E-state index in [0.29, 0.717) is 23.1 Å². The maximum absolute atomic E-state index is 11.6. The van der Waals surface area contributed by atoms with Crippen LogP contribution in [0, 0.1) is 11.3 Å². The van der Waals surface area contributed by atoms with Crippen LogP contribution in [0.4, 0.5) is 5.69 Å². The van der Waals surface area contributed by atoms with Crippen LogP contribution >= 0.6 is 0 Å². The lowest BCUT2D eigenvalue weighted by molar-refractivity contribution is 0.247. The Morgan fingerprint density at radius 2 is 2.04 bits per heavy atom. The third kappa shape index (κ3) is 4.50. The molecule has 0 spiro atoms. The van der Waals surface area contributed by atoms with Gasteiger partial charge in [0.05, 0.1) is 23.2 Å². The Labute approximate surface area is 162 Å². The molecule has 27 heavy (non-hydrogen) atoms. The molecule has 6 heteroatoms. The van der Waals surface area contributed by atoms with Crippen LogP contribution in [0.1, 0.15) is 26.3 Å². The zero-order valence-electron chi connectivity index (χ0n) is 16.2. The summed E-state index contributed by atoms with van der Waals surface area (Å²) in [6.07, 6.45) is 3.78. The summed E-state index contributed by atoms with van der Waals surface area (Å²) in [4.78, 5) is 0. The number of rotatable bonds is 7. The molecule has 0 amide bonds. The summed E-state index contributed by atoms with van der Waals surface area (Å²) in [5.41, 5.74) is 3.00. The Balaban J connectivity index is 2.57. The van der Waals surface area contributed by atoms with E-state index in [-0.39, 0.29) is 0 Å². The molecule has 0 fully saturated rings. The van der Waals surface area contributed by atoms with Gasteiger partial charge in [0.15, 0.2) is 0 Å². The van der Waals surface area contributed by atoms with Crippen LogP contribution in [0.15, 0.2) is 36.1 Å². The number of benzene rings is 1. The van der Waals surface area contributed by atoms with E-state index in [1.54, 1.807) is 0 Å². The fourth-order valence-corrected chi connectivity index (χ4v) is 3.36. The van der Waals surface area contributed by atoms with Crippen LogP contribution in [-0.4, -0.2) is 21.1 Å². The molecular weight excluding hydrogens is 358 g/mol. The maximum atomic E-state index is 11.6. The van der Waals surface area contributed by atoms with Crippen molar-refractivity contribution in [2.45, 2.75) is 20.8 Å². The molecule has 142 valence electrons. The molecule has 1 heterocycles. The SMILES string of the molecule is C=c1c(C#N)c(-c2ccc(NS(=O)CC)cc2)n(C)/c1=C/C(=C\C)OCC. The highest BCUT2D eigenvalue weighted by atomic mass is 32.2. The fraction of sp³-hybridized carbons (Fsp3) is 0.286. The number of ether oxygens (including phenoxy) is 1. The van der Waals surface area contributed by atoms with Crippen molar-refractivity contribution in [3.05, 3.63) is 52.2 Å². The average Bonchev–Trinajstić information content (AvgIpc) is 2.91. The van der Waals surface area contributed by atoms with Crippen LogP contribution in [0.5, 0.6) is 0 Å². The molecule has 1 aromatic heterocycles. The van der Waals surface area contributed by atoms with E-state index in [1.807, 2.05) is 68.8 Å². The Kier molecular flexibility index (Phi) is 7.03. The molecule has 1 N–H and O–H groups in total. The molecule has 5 nitrogen and oxygen atoms in total. The number of anilines is 1. The predicted octanol–water partition coefficient (Wildman–Crippen LogP) is 2.79. The highest BCUT2D eigenvalue weighted by Gasteiger charge is 2.14. The van der Waals surface area contributed by atoms with E-state index >= 15 is 0 Å². The molecule has 1 atom stereocenters. The van der Waals surface area contributed by atoms with Gasteiger partial charge >= 0.3 is 0 Å². The largest absolute Gasteiger partial charge is 0.494 e. The third-order valence-corrected chi connectivity index (χ3v) is 5.17. The van der Waals surface area contributed by atoms with Crippen LogP contribution in [0.25, 0.3) is 23.9 Å². The number of aromatic nitrogens is 1. The summed E-state index contributed by atoms with van der Waals surface area (Å²) >= 11 is 0. The van der Waals surface area contributed by atoms with Crippen molar-refractivity contribution in [2.24, 2.45) is 7.05 Å². The number of hydrogen-bond acceptors (Lipinski definition) is 3. The van der Waals surface area contributed by atoms with Crippen molar-refractivity contribution < 1.29 is 8.95 Å². The first-order chi connectivity index (χ1) is 13.0. The third-order valence-electron chi connectivity index (χ3n) is 4.18. The van der Waals surface area contributed by atoms with Gasteiger partial charge in [0.25, 0.3) is 0 Å². The lowest BCUT2D eigenvalue weighted by Gasteiger charge is -2.08. The highest BCUT2D eigenvalue weighted by molar-refractivity contribution is 7.86. The molecule has 1 aromatic carbocycles. The molecule has 0 saturated carbocycles. The Hall–Kier alpha value is -2.78. The second kappa shape index (κ2) is 9.24. The average molecular weight is 384 g/mol. The first-order valence-electron chi connectivity index (χ1n) is 8.80. The Bertz CT molecular complexity index is 1010. The van der Waals surface area contributed by atoms with Gasteiger partial charge in [-0.3, -0.25) is 0 Å². The van der Waals surface area contributed by atoms with Crippen molar-refractivity contribution in [2.75, 3.05) is 17.1 Å². The van der Waals surface area contributed by atoms with Gasteiger partial charge in [0.1, 0.15) is 22.8 Å². The molecule has 1 unspecified atom stereocenters. The van der Waals surface area contributed by atoms with E-state index in [4.69, 9.17) is 4.74 Å². The maximum Gasteiger partial charge on any atom is 0.117 e. The molecular formula is C21H25N3O2S. The van der Waals surface area contributed by atoms with Crippen LogP contribution in [0.3, 0.4) is 0 Å². The van der Waals surface area contributed by atoms with E-state index < -0.39 is 11.0 Å². The van der Waals surface area contributed by atoms with Crippen LogP contribution < -0.4 is 15.3 Å². The lowest BCUT2D eigenvalue weighted by Crippen LogP contribution is -2.28. The Morgan fingerprint density at radius 3 is 2.56 bits per heavy atom. The molecule has 0 aliphatic carbocycles. The van der Waals surface area contributed by atoms with Gasteiger partial charge < -0.3 is 14.0 Å².